The van der Waals surface area contributed by atoms with E-state index in [9.17, 15) is 9.59 Å². The fraction of sp³-hybridized carbons (Fsp3) is 0.857. The summed E-state index contributed by atoms with van der Waals surface area (Å²) in [6, 6.07) is 0. The van der Waals surface area contributed by atoms with Gasteiger partial charge < -0.3 is 24.8 Å². The van der Waals surface area contributed by atoms with Crippen LogP contribution in [-0.2, 0) is 9.53 Å². The van der Waals surface area contributed by atoms with Crippen LogP contribution in [0.15, 0.2) is 4.99 Å². The van der Waals surface area contributed by atoms with Crippen LogP contribution >= 0.6 is 0 Å². The molecule has 0 unspecified atom stereocenters. The van der Waals surface area contributed by atoms with Gasteiger partial charge in [-0.25, -0.2) is 4.79 Å². The van der Waals surface area contributed by atoms with Gasteiger partial charge in [0.15, 0.2) is 5.96 Å². The zero-order chi connectivity index (χ0) is 22.0. The van der Waals surface area contributed by atoms with Crippen LogP contribution in [-0.4, -0.2) is 91.1 Å². The minimum atomic E-state index is -0.466. The molecular formula is C21H41N5O3. The van der Waals surface area contributed by atoms with Crippen LogP contribution < -0.4 is 5.32 Å². The number of hydrogen-bond acceptors (Lipinski definition) is 4. The molecule has 1 aliphatic heterocycles. The highest BCUT2D eigenvalue weighted by molar-refractivity contribution is 5.86. The molecule has 0 spiro atoms. The highest BCUT2D eigenvalue weighted by Crippen LogP contribution is 2.20. The van der Waals surface area contributed by atoms with Crippen LogP contribution in [0.3, 0.4) is 0 Å². The second-order valence-corrected chi connectivity index (χ2v) is 8.53. The van der Waals surface area contributed by atoms with Gasteiger partial charge in [-0.1, -0.05) is 0 Å². The lowest BCUT2D eigenvalue weighted by molar-refractivity contribution is -0.131. The fourth-order valence-electron chi connectivity index (χ4n) is 3.26. The number of carbonyl (C=O) groups is 2. The van der Waals surface area contributed by atoms with Crippen molar-refractivity contribution in [1.82, 2.24) is 20.0 Å². The highest BCUT2D eigenvalue weighted by Gasteiger charge is 2.27. The monoisotopic (exact) mass is 411 g/mol. The molecule has 8 heteroatoms. The zero-order valence-corrected chi connectivity index (χ0v) is 19.5. The lowest BCUT2D eigenvalue weighted by Gasteiger charge is -2.33. The summed E-state index contributed by atoms with van der Waals surface area (Å²) in [5, 5.41) is 3.28. The van der Waals surface area contributed by atoms with Crippen LogP contribution in [0.25, 0.3) is 0 Å². The Balaban J connectivity index is 2.57. The van der Waals surface area contributed by atoms with Crippen molar-refractivity contribution in [3.63, 3.8) is 0 Å². The SMILES string of the molecule is CCNC(=NCC1CCN(C(=O)OC(C)(C)C)CC1)N(C)CC(=O)N(CC)CC. The summed E-state index contributed by atoms with van der Waals surface area (Å²) in [5.41, 5.74) is -0.466. The molecule has 0 aromatic heterocycles. The van der Waals surface area contributed by atoms with Gasteiger partial charge in [0.1, 0.15) is 5.60 Å². The summed E-state index contributed by atoms with van der Waals surface area (Å²) in [5.74, 6) is 1.28. The third-order valence-electron chi connectivity index (χ3n) is 4.95. The van der Waals surface area contributed by atoms with Gasteiger partial charge in [-0.15, -0.1) is 0 Å². The van der Waals surface area contributed by atoms with E-state index in [1.165, 1.54) is 0 Å². The quantitative estimate of drug-likeness (QED) is 0.514. The minimum Gasteiger partial charge on any atom is -0.444 e. The minimum absolute atomic E-state index is 0.105. The van der Waals surface area contributed by atoms with E-state index in [1.807, 2.05) is 58.4 Å². The first-order chi connectivity index (χ1) is 13.6. The summed E-state index contributed by atoms with van der Waals surface area (Å²) in [4.78, 5) is 34.8. The smallest absolute Gasteiger partial charge is 0.410 e. The van der Waals surface area contributed by atoms with Crippen LogP contribution in [0.2, 0.25) is 0 Å². The Morgan fingerprint density at radius 3 is 2.21 bits per heavy atom. The number of nitrogens with zero attached hydrogens (tertiary/aromatic N) is 4. The molecule has 0 bridgehead atoms. The van der Waals surface area contributed by atoms with Gasteiger partial charge in [0.2, 0.25) is 5.91 Å². The van der Waals surface area contributed by atoms with Crippen molar-refractivity contribution in [2.24, 2.45) is 10.9 Å². The predicted molar refractivity (Wildman–Crippen MR) is 117 cm³/mol. The molecule has 0 aromatic carbocycles. The molecule has 0 radical (unpaired) electrons. The second-order valence-electron chi connectivity index (χ2n) is 8.53. The van der Waals surface area contributed by atoms with Gasteiger partial charge in [0.05, 0.1) is 6.54 Å². The maximum atomic E-state index is 12.4. The number of carbonyl (C=O) groups excluding carboxylic acids is 2. The van der Waals surface area contributed by atoms with Crippen molar-refractivity contribution >= 4 is 18.0 Å². The van der Waals surface area contributed by atoms with Gasteiger partial charge >= 0.3 is 6.09 Å². The molecule has 168 valence electrons. The normalized spacial score (nSPS) is 15.8. The summed E-state index contributed by atoms with van der Waals surface area (Å²) in [6.45, 7) is 16.2. The van der Waals surface area contributed by atoms with E-state index >= 15 is 0 Å². The number of ether oxygens (including phenoxy) is 1. The van der Waals surface area contributed by atoms with Crippen molar-refractivity contribution < 1.29 is 14.3 Å². The molecule has 2 amide bonds. The number of rotatable bonds is 7. The number of piperidine rings is 1. The largest absolute Gasteiger partial charge is 0.444 e. The first-order valence-corrected chi connectivity index (χ1v) is 10.9. The van der Waals surface area contributed by atoms with Crippen molar-refractivity contribution in [1.29, 1.82) is 0 Å². The van der Waals surface area contributed by atoms with Gasteiger partial charge in [0, 0.05) is 46.3 Å². The highest BCUT2D eigenvalue weighted by atomic mass is 16.6. The molecule has 29 heavy (non-hydrogen) atoms. The Labute approximate surface area is 176 Å². The Hall–Kier alpha value is -1.99. The first kappa shape index (κ1) is 25.0. The number of guanidine groups is 1. The van der Waals surface area contributed by atoms with Gasteiger partial charge in [-0.2, -0.15) is 0 Å². The molecule has 0 aliphatic carbocycles. The van der Waals surface area contributed by atoms with Gasteiger partial charge in [-0.05, 0) is 60.3 Å². The third-order valence-corrected chi connectivity index (χ3v) is 4.95. The molecule has 1 saturated heterocycles. The summed E-state index contributed by atoms with van der Waals surface area (Å²) < 4.78 is 5.46. The number of likely N-dealkylation sites (N-methyl/N-ethyl adjacent to an activating group) is 2. The molecular weight excluding hydrogens is 370 g/mol. The van der Waals surface area contributed by atoms with Crippen LogP contribution in [0.5, 0.6) is 0 Å². The van der Waals surface area contributed by atoms with Gasteiger partial charge in [-0.3, -0.25) is 9.79 Å². The zero-order valence-electron chi connectivity index (χ0n) is 19.5. The third kappa shape index (κ3) is 8.92. The molecule has 1 rings (SSSR count). The molecule has 0 atom stereocenters. The summed E-state index contributed by atoms with van der Waals surface area (Å²) in [6.07, 6.45) is 1.58. The predicted octanol–water partition coefficient (Wildman–Crippen LogP) is 2.40. The number of likely N-dealkylation sites (tertiary alicyclic amines) is 1. The van der Waals surface area contributed by atoms with Crippen molar-refractivity contribution in [2.45, 2.75) is 60.0 Å². The van der Waals surface area contributed by atoms with Crippen molar-refractivity contribution in [2.75, 3.05) is 52.9 Å². The standard InChI is InChI=1S/C21H41N5O3/c1-8-22-19(24(7)16-18(27)25(9-2)10-3)23-15-17-11-13-26(14-12-17)20(28)29-21(4,5)6/h17H,8-16H2,1-7H3,(H,22,23). The van der Waals surface area contributed by atoms with Crippen molar-refractivity contribution in [3.05, 3.63) is 0 Å². The van der Waals surface area contributed by atoms with Crippen molar-refractivity contribution in [3.8, 4) is 0 Å². The van der Waals surface area contributed by atoms with Crippen LogP contribution in [0.4, 0.5) is 4.79 Å². The number of nitrogens with one attached hydrogen (secondary N) is 1. The van der Waals surface area contributed by atoms with E-state index in [0.717, 1.165) is 25.3 Å². The second kappa shape index (κ2) is 11.9. The van der Waals surface area contributed by atoms with E-state index in [4.69, 9.17) is 9.73 Å². The Morgan fingerprint density at radius 1 is 1.14 bits per heavy atom. The topological polar surface area (TPSA) is 77.5 Å². The number of aliphatic imine (C=N–C) groups is 1. The van der Waals surface area contributed by atoms with E-state index in [1.54, 1.807) is 4.90 Å². The average molecular weight is 412 g/mol. The van der Waals surface area contributed by atoms with E-state index in [-0.39, 0.29) is 12.0 Å². The Morgan fingerprint density at radius 2 is 1.72 bits per heavy atom. The maximum absolute atomic E-state index is 12.4. The van der Waals surface area contributed by atoms with E-state index in [2.05, 4.69) is 5.32 Å². The molecule has 1 heterocycles. The molecule has 1 fully saturated rings. The van der Waals surface area contributed by atoms with Crippen LogP contribution in [0.1, 0.15) is 54.4 Å². The summed E-state index contributed by atoms with van der Waals surface area (Å²) in [7, 11) is 1.90. The Bertz CT molecular complexity index is 547. The first-order valence-electron chi connectivity index (χ1n) is 10.9. The fourth-order valence-corrected chi connectivity index (χ4v) is 3.26. The van der Waals surface area contributed by atoms with E-state index < -0.39 is 5.60 Å². The lowest BCUT2D eigenvalue weighted by Crippen LogP contribution is -2.46. The molecule has 0 saturated carbocycles. The maximum Gasteiger partial charge on any atom is 0.410 e. The van der Waals surface area contributed by atoms with Gasteiger partial charge in [0.25, 0.3) is 0 Å². The molecule has 0 aromatic rings. The lowest BCUT2D eigenvalue weighted by atomic mass is 9.97. The summed E-state index contributed by atoms with van der Waals surface area (Å²) >= 11 is 0. The molecule has 8 nitrogen and oxygen atoms in total. The van der Waals surface area contributed by atoms with E-state index in [0.29, 0.717) is 45.2 Å². The van der Waals surface area contributed by atoms with Crippen LogP contribution in [0, 0.1) is 5.92 Å². The number of hydrogen-bond donors (Lipinski definition) is 1. The molecule has 1 N–H and O–H groups in total. The average Bonchev–Trinajstić information content (AvgIpc) is 2.65. The molecule has 1 aliphatic rings. The number of amides is 2. The Kier molecular flexibility index (Phi) is 10.3.